The van der Waals surface area contributed by atoms with Crippen molar-refractivity contribution < 1.29 is 9.15 Å². The maximum atomic E-state index is 5.61. The van der Waals surface area contributed by atoms with Gasteiger partial charge in [-0.05, 0) is 25.6 Å². The van der Waals surface area contributed by atoms with Crippen molar-refractivity contribution in [2.45, 2.75) is 13.8 Å². The van der Waals surface area contributed by atoms with Crippen LogP contribution in [0.4, 0.5) is 11.9 Å². The van der Waals surface area contributed by atoms with E-state index in [2.05, 4.69) is 26.6 Å². The molecule has 0 N–H and O–H groups in total. The molecule has 2 aliphatic heterocycles. The minimum absolute atomic E-state index is 0.691. The molecule has 3 aromatic heterocycles. The first-order valence-electron chi connectivity index (χ1n) is 11.3. The van der Waals surface area contributed by atoms with Crippen LogP contribution in [0.5, 0.6) is 0 Å². The van der Waals surface area contributed by atoms with Gasteiger partial charge in [-0.25, -0.2) is 19.9 Å². The van der Waals surface area contributed by atoms with E-state index in [4.69, 9.17) is 24.1 Å². The van der Waals surface area contributed by atoms with Crippen molar-refractivity contribution in [2.24, 2.45) is 0 Å². The Bertz CT molecular complexity index is 1060. The van der Waals surface area contributed by atoms with Gasteiger partial charge in [0, 0.05) is 62.8 Å². The second-order valence-corrected chi connectivity index (χ2v) is 8.09. The van der Waals surface area contributed by atoms with Gasteiger partial charge in [-0.15, -0.1) is 0 Å². The summed E-state index contributed by atoms with van der Waals surface area (Å²) in [4.78, 5) is 26.0. The lowest BCUT2D eigenvalue weighted by Crippen LogP contribution is -2.46. The standard InChI is InChI=1S/C23H29N7O2/c1-3-28-7-9-29(10-8-28)23-25-16-19(21(27-23)18-5-13-32-17(18)2)20-4-6-24-22(26-20)30-11-14-31-15-12-30/h4-6,13,16H,3,7-12,14-15H2,1-2H3. The molecular weight excluding hydrogens is 406 g/mol. The van der Waals surface area contributed by atoms with Crippen molar-refractivity contribution in [3.63, 3.8) is 0 Å². The number of rotatable bonds is 5. The summed E-state index contributed by atoms with van der Waals surface area (Å²) in [5.41, 5.74) is 3.48. The molecule has 0 bridgehead atoms. The van der Waals surface area contributed by atoms with Crippen LogP contribution in [-0.2, 0) is 4.74 Å². The third kappa shape index (κ3) is 4.18. The quantitative estimate of drug-likeness (QED) is 0.600. The van der Waals surface area contributed by atoms with Crippen LogP contribution in [0.1, 0.15) is 12.7 Å². The zero-order valence-corrected chi connectivity index (χ0v) is 18.7. The largest absolute Gasteiger partial charge is 0.469 e. The van der Waals surface area contributed by atoms with E-state index in [1.54, 1.807) is 12.5 Å². The number of ether oxygens (including phenoxy) is 1. The van der Waals surface area contributed by atoms with E-state index < -0.39 is 0 Å². The van der Waals surface area contributed by atoms with E-state index in [1.165, 1.54) is 0 Å². The third-order valence-corrected chi connectivity index (χ3v) is 6.21. The van der Waals surface area contributed by atoms with E-state index in [0.717, 1.165) is 80.0 Å². The Morgan fingerprint density at radius 1 is 0.875 bits per heavy atom. The van der Waals surface area contributed by atoms with Crippen molar-refractivity contribution in [3.8, 4) is 22.5 Å². The average Bonchev–Trinajstić information content (AvgIpc) is 3.30. The maximum absolute atomic E-state index is 5.61. The summed E-state index contributed by atoms with van der Waals surface area (Å²) in [6.45, 7) is 12.1. The summed E-state index contributed by atoms with van der Waals surface area (Å²) in [5, 5.41) is 0. The highest BCUT2D eigenvalue weighted by Gasteiger charge is 2.22. The number of nitrogens with zero attached hydrogens (tertiary/aromatic N) is 7. The molecule has 2 saturated heterocycles. The Kier molecular flexibility index (Phi) is 6.00. The van der Waals surface area contributed by atoms with Crippen molar-refractivity contribution >= 4 is 11.9 Å². The molecule has 32 heavy (non-hydrogen) atoms. The monoisotopic (exact) mass is 435 g/mol. The zero-order chi connectivity index (χ0) is 21.9. The van der Waals surface area contributed by atoms with Crippen LogP contribution >= 0.6 is 0 Å². The van der Waals surface area contributed by atoms with Crippen LogP contribution in [0.15, 0.2) is 35.2 Å². The summed E-state index contributed by atoms with van der Waals surface area (Å²) in [6, 6.07) is 3.88. The van der Waals surface area contributed by atoms with Crippen molar-refractivity contribution in [2.75, 3.05) is 68.8 Å². The van der Waals surface area contributed by atoms with Crippen molar-refractivity contribution in [1.82, 2.24) is 24.8 Å². The highest BCUT2D eigenvalue weighted by molar-refractivity contribution is 5.80. The number of furan rings is 1. The molecule has 0 unspecified atom stereocenters. The topological polar surface area (TPSA) is 83.7 Å². The number of hydrogen-bond donors (Lipinski definition) is 0. The molecule has 9 heteroatoms. The van der Waals surface area contributed by atoms with Crippen LogP contribution < -0.4 is 9.80 Å². The number of morpholine rings is 1. The predicted molar refractivity (Wildman–Crippen MR) is 123 cm³/mol. The van der Waals surface area contributed by atoms with E-state index in [0.29, 0.717) is 19.2 Å². The lowest BCUT2D eigenvalue weighted by atomic mass is 10.1. The second-order valence-electron chi connectivity index (χ2n) is 8.09. The van der Waals surface area contributed by atoms with Crippen LogP contribution in [0, 0.1) is 6.92 Å². The van der Waals surface area contributed by atoms with E-state index >= 15 is 0 Å². The number of piperazine rings is 1. The molecule has 5 heterocycles. The first kappa shape index (κ1) is 20.8. The van der Waals surface area contributed by atoms with Crippen molar-refractivity contribution in [3.05, 3.63) is 36.5 Å². The van der Waals surface area contributed by atoms with Gasteiger partial charge in [0.25, 0.3) is 0 Å². The second kappa shape index (κ2) is 9.22. The Hall–Kier alpha value is -3.04. The normalized spacial score (nSPS) is 17.7. The molecule has 0 radical (unpaired) electrons. The lowest BCUT2D eigenvalue weighted by Gasteiger charge is -2.34. The van der Waals surface area contributed by atoms with Crippen LogP contribution in [-0.4, -0.2) is 83.9 Å². The van der Waals surface area contributed by atoms with Crippen LogP contribution in [0.3, 0.4) is 0 Å². The van der Waals surface area contributed by atoms with Gasteiger partial charge in [0.05, 0.1) is 30.9 Å². The predicted octanol–water partition coefficient (Wildman–Crippen LogP) is 2.48. The summed E-state index contributed by atoms with van der Waals surface area (Å²) in [5.74, 6) is 2.29. The average molecular weight is 436 g/mol. The van der Waals surface area contributed by atoms with Gasteiger partial charge < -0.3 is 23.9 Å². The molecular formula is C23H29N7O2. The van der Waals surface area contributed by atoms with Gasteiger partial charge in [0.15, 0.2) is 0 Å². The smallest absolute Gasteiger partial charge is 0.226 e. The molecule has 2 fully saturated rings. The Morgan fingerprint density at radius 3 is 2.34 bits per heavy atom. The SMILES string of the molecule is CCN1CCN(c2ncc(-c3ccnc(N4CCOCC4)n3)c(-c3ccoc3C)n2)CC1. The van der Waals surface area contributed by atoms with Crippen LogP contribution in [0.25, 0.3) is 22.5 Å². The molecule has 2 aliphatic rings. The highest BCUT2D eigenvalue weighted by Crippen LogP contribution is 2.33. The van der Waals surface area contributed by atoms with Gasteiger partial charge >= 0.3 is 0 Å². The van der Waals surface area contributed by atoms with Gasteiger partial charge in [-0.1, -0.05) is 6.92 Å². The first-order chi connectivity index (χ1) is 15.7. The Morgan fingerprint density at radius 2 is 1.62 bits per heavy atom. The molecule has 0 aromatic carbocycles. The number of aromatic nitrogens is 4. The summed E-state index contributed by atoms with van der Waals surface area (Å²) < 4.78 is 11.1. The third-order valence-electron chi connectivity index (χ3n) is 6.21. The highest BCUT2D eigenvalue weighted by atomic mass is 16.5. The number of likely N-dealkylation sites (N-methyl/N-ethyl adjacent to an activating group) is 1. The molecule has 0 aliphatic carbocycles. The fraction of sp³-hybridized carbons (Fsp3) is 0.478. The van der Waals surface area contributed by atoms with E-state index in [9.17, 15) is 0 Å². The lowest BCUT2D eigenvalue weighted by molar-refractivity contribution is 0.122. The first-order valence-corrected chi connectivity index (χ1v) is 11.3. The van der Waals surface area contributed by atoms with Crippen molar-refractivity contribution in [1.29, 1.82) is 0 Å². The summed E-state index contributed by atoms with van der Waals surface area (Å²) >= 11 is 0. The van der Waals surface area contributed by atoms with E-state index in [1.807, 2.05) is 25.3 Å². The van der Waals surface area contributed by atoms with Gasteiger partial charge in [-0.2, -0.15) is 0 Å². The molecule has 9 nitrogen and oxygen atoms in total. The molecule has 5 rings (SSSR count). The number of anilines is 2. The maximum Gasteiger partial charge on any atom is 0.226 e. The molecule has 3 aromatic rings. The van der Waals surface area contributed by atoms with Gasteiger partial charge in [-0.3, -0.25) is 0 Å². The van der Waals surface area contributed by atoms with Crippen LogP contribution in [0.2, 0.25) is 0 Å². The van der Waals surface area contributed by atoms with Gasteiger partial charge in [0.2, 0.25) is 11.9 Å². The van der Waals surface area contributed by atoms with Gasteiger partial charge in [0.1, 0.15) is 5.76 Å². The minimum atomic E-state index is 0.691. The van der Waals surface area contributed by atoms with E-state index in [-0.39, 0.29) is 0 Å². The molecule has 168 valence electrons. The summed E-state index contributed by atoms with van der Waals surface area (Å²) in [7, 11) is 0. The molecule has 0 atom stereocenters. The zero-order valence-electron chi connectivity index (χ0n) is 18.7. The summed E-state index contributed by atoms with van der Waals surface area (Å²) in [6.07, 6.45) is 5.40. The number of hydrogen-bond acceptors (Lipinski definition) is 9. The molecule has 0 spiro atoms. The Labute approximate surface area is 188 Å². The number of aryl methyl sites for hydroxylation is 1. The fourth-order valence-corrected chi connectivity index (χ4v) is 4.23. The molecule has 0 amide bonds. The minimum Gasteiger partial charge on any atom is -0.469 e. The molecule has 0 saturated carbocycles. The fourth-order valence-electron chi connectivity index (χ4n) is 4.23. The Balaban J connectivity index is 1.52.